The van der Waals surface area contributed by atoms with Gasteiger partial charge in [0.2, 0.25) is 6.79 Å². The normalized spacial score (nSPS) is 21.7. The van der Waals surface area contributed by atoms with Crippen molar-refractivity contribution in [1.82, 2.24) is 4.68 Å². The molecule has 2 aromatic heterocycles. The Hall–Kier alpha value is -2.64. The molecule has 6 rings (SSSR count). The first kappa shape index (κ1) is 15.4. The lowest BCUT2D eigenvalue weighted by atomic mass is 9.79. The minimum atomic E-state index is -0.550. The van der Waals surface area contributed by atoms with Crippen molar-refractivity contribution in [3.05, 3.63) is 64.8 Å². The van der Waals surface area contributed by atoms with E-state index in [-0.39, 0.29) is 6.79 Å². The fourth-order valence-electron chi connectivity index (χ4n) is 4.11. The molecule has 1 aromatic carbocycles. The van der Waals surface area contributed by atoms with Crippen molar-refractivity contribution in [3.63, 3.8) is 0 Å². The molecule has 136 valence electrons. The van der Waals surface area contributed by atoms with Crippen LogP contribution in [0.1, 0.15) is 17.0 Å². The summed E-state index contributed by atoms with van der Waals surface area (Å²) < 4.78 is 24.7. The SMILES string of the molecule is S=C1N(Cc2ccc(Cl)o2)n2cccc2C12COc1cc3c(cc12)OCO3. The van der Waals surface area contributed by atoms with Crippen molar-refractivity contribution in [2.75, 3.05) is 18.4 Å². The van der Waals surface area contributed by atoms with E-state index in [0.29, 0.717) is 24.1 Å². The van der Waals surface area contributed by atoms with Gasteiger partial charge in [-0.3, -0.25) is 9.69 Å². The van der Waals surface area contributed by atoms with Gasteiger partial charge in [0.05, 0.1) is 12.2 Å². The van der Waals surface area contributed by atoms with Crippen LogP contribution in [-0.4, -0.2) is 23.1 Å². The molecule has 0 aliphatic carbocycles. The Balaban J connectivity index is 1.49. The summed E-state index contributed by atoms with van der Waals surface area (Å²) in [5.74, 6) is 2.93. The van der Waals surface area contributed by atoms with Crippen molar-refractivity contribution in [2.24, 2.45) is 0 Å². The van der Waals surface area contributed by atoms with Gasteiger partial charge >= 0.3 is 0 Å². The van der Waals surface area contributed by atoms with Gasteiger partial charge in [0.25, 0.3) is 0 Å². The number of halogens is 1. The van der Waals surface area contributed by atoms with E-state index >= 15 is 0 Å². The molecule has 0 N–H and O–H groups in total. The minimum absolute atomic E-state index is 0.220. The van der Waals surface area contributed by atoms with Crippen molar-refractivity contribution in [1.29, 1.82) is 0 Å². The van der Waals surface area contributed by atoms with Crippen LogP contribution in [0.5, 0.6) is 17.2 Å². The summed E-state index contributed by atoms with van der Waals surface area (Å²) in [5.41, 5.74) is 1.50. The third-order valence-electron chi connectivity index (χ3n) is 5.34. The number of aromatic nitrogens is 1. The maximum atomic E-state index is 6.05. The lowest BCUT2D eigenvalue weighted by Crippen LogP contribution is -2.42. The number of ether oxygens (including phenoxy) is 3. The standard InChI is InChI=1S/C19H13ClN2O4S/c20-17-4-3-11(26-17)8-22-18(27)19(16-2-1-5-21(16)22)9-23-13-7-15-14(6-12(13)19)24-10-25-15/h1-7H,8-10H2. The van der Waals surface area contributed by atoms with Crippen LogP contribution in [0.15, 0.2) is 47.0 Å². The Bertz CT molecular complexity index is 1110. The lowest BCUT2D eigenvalue weighted by Gasteiger charge is -2.24. The Morgan fingerprint density at radius 3 is 2.74 bits per heavy atom. The maximum absolute atomic E-state index is 6.05. The molecule has 6 nitrogen and oxygen atoms in total. The van der Waals surface area contributed by atoms with E-state index < -0.39 is 5.41 Å². The van der Waals surface area contributed by atoms with Gasteiger partial charge in [0, 0.05) is 17.8 Å². The first-order valence-electron chi connectivity index (χ1n) is 8.48. The Kier molecular flexibility index (Phi) is 2.97. The zero-order chi connectivity index (χ0) is 18.2. The fourth-order valence-corrected chi connectivity index (χ4v) is 4.70. The van der Waals surface area contributed by atoms with Gasteiger partial charge in [-0.15, -0.1) is 0 Å². The predicted octanol–water partition coefficient (Wildman–Crippen LogP) is 3.62. The monoisotopic (exact) mass is 400 g/mol. The quantitative estimate of drug-likeness (QED) is 0.612. The molecular formula is C19H13ClN2O4S. The molecule has 0 saturated carbocycles. The van der Waals surface area contributed by atoms with Gasteiger partial charge in [0.15, 0.2) is 16.7 Å². The molecule has 3 aliphatic rings. The van der Waals surface area contributed by atoms with Crippen LogP contribution in [0.25, 0.3) is 0 Å². The van der Waals surface area contributed by atoms with E-state index in [2.05, 4.69) is 10.7 Å². The Morgan fingerprint density at radius 2 is 1.93 bits per heavy atom. The molecule has 0 bridgehead atoms. The second kappa shape index (κ2) is 5.21. The third-order valence-corrected chi connectivity index (χ3v) is 6.10. The fraction of sp³-hybridized carbons (Fsp3) is 0.211. The average Bonchev–Trinajstić information content (AvgIpc) is 3.44. The van der Waals surface area contributed by atoms with E-state index in [4.69, 9.17) is 42.4 Å². The number of hydrogen-bond donors (Lipinski definition) is 0. The Labute approximate surface area is 164 Å². The number of hydrogen-bond acceptors (Lipinski definition) is 5. The summed E-state index contributed by atoms with van der Waals surface area (Å²) in [6.45, 7) is 1.13. The number of benzene rings is 1. The molecule has 0 saturated heterocycles. The predicted molar refractivity (Wildman–Crippen MR) is 102 cm³/mol. The maximum Gasteiger partial charge on any atom is 0.231 e. The van der Waals surface area contributed by atoms with Crippen LogP contribution < -0.4 is 19.2 Å². The molecule has 1 atom stereocenters. The molecule has 8 heteroatoms. The number of furan rings is 1. The summed E-state index contributed by atoms with van der Waals surface area (Å²) >= 11 is 11.9. The van der Waals surface area contributed by atoms with Gasteiger partial charge in [0.1, 0.15) is 28.5 Å². The molecule has 0 fully saturated rings. The summed E-state index contributed by atoms with van der Waals surface area (Å²) in [7, 11) is 0. The highest BCUT2D eigenvalue weighted by molar-refractivity contribution is 7.80. The van der Waals surface area contributed by atoms with Gasteiger partial charge < -0.3 is 18.6 Å². The molecule has 0 radical (unpaired) electrons. The van der Waals surface area contributed by atoms with Gasteiger partial charge in [-0.1, -0.05) is 12.2 Å². The number of nitrogens with zero attached hydrogens (tertiary/aromatic N) is 2. The zero-order valence-electron chi connectivity index (χ0n) is 14.0. The zero-order valence-corrected chi connectivity index (χ0v) is 15.5. The molecule has 1 spiro atoms. The minimum Gasteiger partial charge on any atom is -0.491 e. The second-order valence-corrected chi connectivity index (χ2v) is 7.46. The van der Waals surface area contributed by atoms with Crippen LogP contribution in [-0.2, 0) is 12.0 Å². The van der Waals surface area contributed by atoms with Crippen molar-refractivity contribution >= 4 is 28.8 Å². The van der Waals surface area contributed by atoms with Gasteiger partial charge in [-0.25, -0.2) is 0 Å². The highest BCUT2D eigenvalue weighted by atomic mass is 35.5. The van der Waals surface area contributed by atoms with E-state index in [9.17, 15) is 0 Å². The molecular weight excluding hydrogens is 388 g/mol. The molecule has 27 heavy (non-hydrogen) atoms. The first-order chi connectivity index (χ1) is 13.2. The largest absolute Gasteiger partial charge is 0.491 e. The van der Waals surface area contributed by atoms with E-state index in [1.165, 1.54) is 0 Å². The van der Waals surface area contributed by atoms with Crippen molar-refractivity contribution in [3.8, 4) is 17.2 Å². The first-order valence-corrected chi connectivity index (χ1v) is 9.27. The number of fused-ring (bicyclic) bond motifs is 5. The topological polar surface area (TPSA) is 49.0 Å². The van der Waals surface area contributed by atoms with Gasteiger partial charge in [-0.2, -0.15) is 0 Å². The molecule has 3 aliphatic heterocycles. The Morgan fingerprint density at radius 1 is 1.07 bits per heavy atom. The van der Waals surface area contributed by atoms with Gasteiger partial charge in [-0.05, 0) is 41.9 Å². The molecule has 1 unspecified atom stereocenters. The number of thiocarbonyl (C=S) groups is 1. The van der Waals surface area contributed by atoms with Crippen LogP contribution in [0.2, 0.25) is 5.22 Å². The van der Waals surface area contributed by atoms with E-state index in [1.54, 1.807) is 6.07 Å². The summed E-state index contributed by atoms with van der Waals surface area (Å²) in [6.07, 6.45) is 1.99. The van der Waals surface area contributed by atoms with E-state index in [0.717, 1.165) is 33.5 Å². The highest BCUT2D eigenvalue weighted by Gasteiger charge is 2.55. The summed E-state index contributed by atoms with van der Waals surface area (Å²) in [6, 6.07) is 11.5. The summed E-state index contributed by atoms with van der Waals surface area (Å²) in [4.78, 5) is 0.753. The van der Waals surface area contributed by atoms with Crippen LogP contribution >= 0.6 is 23.8 Å². The molecule has 5 heterocycles. The van der Waals surface area contributed by atoms with Crippen LogP contribution in [0, 0.1) is 0 Å². The van der Waals surface area contributed by atoms with Crippen LogP contribution in [0.3, 0.4) is 0 Å². The lowest BCUT2D eigenvalue weighted by molar-refractivity contribution is 0.173. The van der Waals surface area contributed by atoms with Crippen LogP contribution in [0.4, 0.5) is 0 Å². The van der Waals surface area contributed by atoms with Crippen molar-refractivity contribution in [2.45, 2.75) is 12.0 Å². The smallest absolute Gasteiger partial charge is 0.231 e. The van der Waals surface area contributed by atoms with Crippen molar-refractivity contribution < 1.29 is 18.6 Å². The average molecular weight is 401 g/mol. The number of rotatable bonds is 2. The van der Waals surface area contributed by atoms with E-state index in [1.807, 2.05) is 35.5 Å². The third kappa shape index (κ3) is 1.93. The summed E-state index contributed by atoms with van der Waals surface area (Å²) in [5, 5.41) is 2.38. The highest BCUT2D eigenvalue weighted by Crippen LogP contribution is 2.52. The molecule has 3 aromatic rings. The molecule has 0 amide bonds. The second-order valence-electron chi connectivity index (χ2n) is 6.70.